The van der Waals surface area contributed by atoms with E-state index in [0.29, 0.717) is 22.6 Å². The summed E-state index contributed by atoms with van der Waals surface area (Å²) in [5, 5.41) is 7.56. The smallest absolute Gasteiger partial charge is 0.338 e. The second-order valence-electron chi connectivity index (χ2n) is 6.82. The first-order valence-corrected chi connectivity index (χ1v) is 9.74. The Hall–Kier alpha value is -3.80. The molecule has 30 heavy (non-hydrogen) atoms. The molecule has 0 aromatic heterocycles. The number of hydrogen-bond donors (Lipinski definition) is 2. The van der Waals surface area contributed by atoms with E-state index in [-0.39, 0.29) is 6.61 Å². The molecule has 2 N–H and O–H groups in total. The van der Waals surface area contributed by atoms with E-state index in [9.17, 15) is 9.59 Å². The van der Waals surface area contributed by atoms with Gasteiger partial charge in [0.05, 0.1) is 31.0 Å². The summed E-state index contributed by atoms with van der Waals surface area (Å²) < 4.78 is 11.1. The molecular formula is C24H22N2O4. The number of urea groups is 1. The van der Waals surface area contributed by atoms with Crippen LogP contribution in [0.3, 0.4) is 0 Å². The fraction of sp³-hybridized carbons (Fsp3) is 0.167. The van der Waals surface area contributed by atoms with E-state index in [1.54, 1.807) is 14.0 Å². The fourth-order valence-electron chi connectivity index (χ4n) is 3.77. The SMILES string of the molecule is CCOC(=O)C1=C(c2ccccc2)NC(=O)N[C@H]1c1ccc2ccccc2c1OC. The minimum absolute atomic E-state index is 0.222. The molecule has 3 aromatic carbocycles. The van der Waals surface area contributed by atoms with Gasteiger partial charge in [-0.2, -0.15) is 0 Å². The summed E-state index contributed by atoms with van der Waals surface area (Å²) in [7, 11) is 1.58. The Kier molecular flexibility index (Phi) is 5.39. The first-order valence-electron chi connectivity index (χ1n) is 9.74. The molecule has 152 valence electrons. The van der Waals surface area contributed by atoms with E-state index in [4.69, 9.17) is 9.47 Å². The van der Waals surface area contributed by atoms with E-state index in [2.05, 4.69) is 10.6 Å². The lowest BCUT2D eigenvalue weighted by molar-refractivity contribution is -0.138. The number of benzene rings is 3. The summed E-state index contributed by atoms with van der Waals surface area (Å²) in [6, 6.07) is 19.8. The van der Waals surface area contributed by atoms with Crippen LogP contribution in [0.5, 0.6) is 5.75 Å². The normalized spacial score (nSPS) is 16.1. The van der Waals surface area contributed by atoms with E-state index < -0.39 is 18.0 Å². The van der Waals surface area contributed by atoms with Crippen molar-refractivity contribution in [2.45, 2.75) is 13.0 Å². The molecule has 0 spiro atoms. The maximum Gasteiger partial charge on any atom is 0.338 e. The molecule has 6 heteroatoms. The molecule has 0 aliphatic carbocycles. The average Bonchev–Trinajstić information content (AvgIpc) is 2.78. The topological polar surface area (TPSA) is 76.7 Å². The van der Waals surface area contributed by atoms with Crippen molar-refractivity contribution in [3.63, 3.8) is 0 Å². The number of ether oxygens (including phenoxy) is 2. The first kappa shape index (κ1) is 19.5. The van der Waals surface area contributed by atoms with Crippen molar-refractivity contribution >= 4 is 28.5 Å². The molecule has 0 fully saturated rings. The maximum absolute atomic E-state index is 13.0. The zero-order chi connectivity index (χ0) is 21.1. The van der Waals surface area contributed by atoms with Crippen molar-refractivity contribution in [1.29, 1.82) is 0 Å². The largest absolute Gasteiger partial charge is 0.496 e. The van der Waals surface area contributed by atoms with Crippen LogP contribution in [0.4, 0.5) is 4.79 Å². The third-order valence-electron chi connectivity index (χ3n) is 5.05. The van der Waals surface area contributed by atoms with E-state index >= 15 is 0 Å². The molecule has 4 rings (SSSR count). The number of methoxy groups -OCH3 is 1. The number of amides is 2. The zero-order valence-corrected chi connectivity index (χ0v) is 16.8. The lowest BCUT2D eigenvalue weighted by Crippen LogP contribution is -2.45. The van der Waals surface area contributed by atoms with Crippen molar-refractivity contribution in [3.05, 3.63) is 83.4 Å². The van der Waals surface area contributed by atoms with Crippen LogP contribution in [0.15, 0.2) is 72.3 Å². The number of hydrogen-bond acceptors (Lipinski definition) is 4. The number of fused-ring (bicyclic) bond motifs is 1. The minimum Gasteiger partial charge on any atom is -0.496 e. The third kappa shape index (κ3) is 3.48. The van der Waals surface area contributed by atoms with Crippen LogP contribution in [-0.4, -0.2) is 25.7 Å². The Balaban J connectivity index is 1.96. The Labute approximate surface area is 174 Å². The number of carbonyl (C=O) groups is 2. The van der Waals surface area contributed by atoms with Gasteiger partial charge < -0.3 is 20.1 Å². The lowest BCUT2D eigenvalue weighted by Gasteiger charge is -2.30. The van der Waals surface area contributed by atoms with Gasteiger partial charge in [0.25, 0.3) is 0 Å². The molecule has 1 heterocycles. The quantitative estimate of drug-likeness (QED) is 0.628. The van der Waals surface area contributed by atoms with Crippen LogP contribution in [0.25, 0.3) is 16.5 Å². The predicted octanol–water partition coefficient (Wildman–Crippen LogP) is 4.18. The van der Waals surface area contributed by atoms with Crippen LogP contribution in [0.2, 0.25) is 0 Å². The van der Waals surface area contributed by atoms with Gasteiger partial charge in [-0.1, -0.05) is 66.7 Å². The molecule has 1 aliphatic heterocycles. The van der Waals surface area contributed by atoms with Crippen molar-refractivity contribution in [3.8, 4) is 5.75 Å². The maximum atomic E-state index is 13.0. The summed E-state index contributed by atoms with van der Waals surface area (Å²) in [5.41, 5.74) is 2.16. The van der Waals surface area contributed by atoms with Gasteiger partial charge in [-0.25, -0.2) is 9.59 Å². The minimum atomic E-state index is -0.729. The molecule has 0 saturated heterocycles. The number of rotatable bonds is 5. The van der Waals surface area contributed by atoms with Gasteiger partial charge in [-0.05, 0) is 17.9 Å². The summed E-state index contributed by atoms with van der Waals surface area (Å²) in [5.74, 6) is 0.110. The highest BCUT2D eigenvalue weighted by atomic mass is 16.5. The van der Waals surface area contributed by atoms with Crippen LogP contribution < -0.4 is 15.4 Å². The number of nitrogens with one attached hydrogen (secondary N) is 2. The summed E-state index contributed by atoms with van der Waals surface area (Å²) in [6.45, 7) is 1.97. The monoisotopic (exact) mass is 402 g/mol. The Bertz CT molecular complexity index is 1140. The Morgan fingerprint density at radius 1 is 1.00 bits per heavy atom. The van der Waals surface area contributed by atoms with Gasteiger partial charge in [-0.3, -0.25) is 0 Å². The zero-order valence-electron chi connectivity index (χ0n) is 16.8. The highest BCUT2D eigenvalue weighted by Crippen LogP contribution is 2.39. The van der Waals surface area contributed by atoms with Gasteiger partial charge >= 0.3 is 12.0 Å². The molecule has 3 aromatic rings. The summed E-state index contributed by atoms with van der Waals surface area (Å²) in [4.78, 5) is 25.6. The highest BCUT2D eigenvalue weighted by Gasteiger charge is 2.36. The predicted molar refractivity (Wildman–Crippen MR) is 115 cm³/mol. The molecule has 0 unspecified atom stereocenters. The van der Waals surface area contributed by atoms with E-state index in [1.807, 2.05) is 66.7 Å². The summed E-state index contributed by atoms with van der Waals surface area (Å²) >= 11 is 0. The fourth-order valence-corrected chi connectivity index (χ4v) is 3.77. The van der Waals surface area contributed by atoms with Gasteiger partial charge in [0.1, 0.15) is 5.75 Å². The average molecular weight is 402 g/mol. The standard InChI is InChI=1S/C24H22N2O4/c1-3-30-23(27)19-20(16-10-5-4-6-11-16)25-24(28)26-21(19)18-14-13-15-9-7-8-12-17(15)22(18)29-2/h4-14,21H,3H2,1-2H3,(H2,25,26,28)/t21-/m0/s1. The molecule has 6 nitrogen and oxygen atoms in total. The molecule has 0 bridgehead atoms. The van der Waals surface area contributed by atoms with Gasteiger partial charge in [0.2, 0.25) is 0 Å². The molecular weight excluding hydrogens is 380 g/mol. The molecule has 0 radical (unpaired) electrons. The van der Waals surface area contributed by atoms with Crippen molar-refractivity contribution in [1.82, 2.24) is 10.6 Å². The van der Waals surface area contributed by atoms with Crippen LogP contribution in [0, 0.1) is 0 Å². The third-order valence-corrected chi connectivity index (χ3v) is 5.05. The Morgan fingerprint density at radius 2 is 1.73 bits per heavy atom. The van der Waals surface area contributed by atoms with Crippen LogP contribution in [0.1, 0.15) is 24.1 Å². The van der Waals surface area contributed by atoms with Crippen molar-refractivity contribution in [2.75, 3.05) is 13.7 Å². The lowest BCUT2D eigenvalue weighted by atomic mass is 9.90. The first-order chi connectivity index (χ1) is 14.6. The van der Waals surface area contributed by atoms with E-state index in [0.717, 1.165) is 16.3 Å². The van der Waals surface area contributed by atoms with Gasteiger partial charge in [0, 0.05) is 10.9 Å². The van der Waals surface area contributed by atoms with Crippen LogP contribution in [-0.2, 0) is 9.53 Å². The highest BCUT2D eigenvalue weighted by molar-refractivity contribution is 6.05. The van der Waals surface area contributed by atoms with Crippen LogP contribution >= 0.6 is 0 Å². The van der Waals surface area contributed by atoms with Crippen molar-refractivity contribution in [2.24, 2.45) is 0 Å². The summed E-state index contributed by atoms with van der Waals surface area (Å²) in [6.07, 6.45) is 0. The Morgan fingerprint density at radius 3 is 2.47 bits per heavy atom. The second-order valence-corrected chi connectivity index (χ2v) is 6.82. The van der Waals surface area contributed by atoms with Gasteiger partial charge in [-0.15, -0.1) is 0 Å². The molecule has 1 aliphatic rings. The number of esters is 1. The molecule has 2 amide bonds. The van der Waals surface area contributed by atoms with Crippen molar-refractivity contribution < 1.29 is 19.1 Å². The van der Waals surface area contributed by atoms with Gasteiger partial charge in [0.15, 0.2) is 0 Å². The molecule has 0 saturated carbocycles. The molecule has 1 atom stereocenters. The second kappa shape index (κ2) is 8.29. The number of carbonyl (C=O) groups excluding carboxylic acids is 2. The van der Waals surface area contributed by atoms with E-state index in [1.165, 1.54) is 0 Å².